The van der Waals surface area contributed by atoms with Gasteiger partial charge in [-0.05, 0) is 18.9 Å². The molecule has 1 heterocycles. The fourth-order valence-electron chi connectivity index (χ4n) is 2.77. The van der Waals surface area contributed by atoms with Crippen molar-refractivity contribution >= 4 is 5.78 Å². The van der Waals surface area contributed by atoms with Crippen LogP contribution in [0.4, 0.5) is 0 Å². The lowest BCUT2D eigenvalue weighted by atomic mass is 9.86. The Balaban J connectivity index is 2.07. The average Bonchev–Trinajstić information content (AvgIpc) is 2.96. The van der Waals surface area contributed by atoms with E-state index in [2.05, 4.69) is 0 Å². The Morgan fingerprint density at radius 2 is 1.64 bits per heavy atom. The van der Waals surface area contributed by atoms with Crippen LogP contribution >= 0.6 is 0 Å². The molecule has 1 fully saturated rings. The Morgan fingerprint density at radius 1 is 1.05 bits per heavy atom. The lowest BCUT2D eigenvalue weighted by Crippen LogP contribution is -2.40. The number of ketones is 1. The second kappa shape index (κ2) is 5.67. The molecule has 0 amide bonds. The summed E-state index contributed by atoms with van der Waals surface area (Å²) in [7, 11) is 0. The molecule has 0 radical (unpaired) electrons. The number of carbonyl (C=O) groups is 1. The van der Waals surface area contributed by atoms with Crippen LogP contribution in [-0.4, -0.2) is 18.2 Å². The molecule has 22 heavy (non-hydrogen) atoms. The zero-order chi connectivity index (χ0) is 15.6. The first-order valence-electron chi connectivity index (χ1n) is 7.59. The van der Waals surface area contributed by atoms with Crippen molar-refractivity contribution in [3.8, 4) is 0 Å². The van der Waals surface area contributed by atoms with Gasteiger partial charge < -0.3 is 9.47 Å². The highest BCUT2D eigenvalue weighted by molar-refractivity contribution is 6.03. The normalized spacial score (nSPS) is 27.7. The maximum absolute atomic E-state index is 13.2. The minimum Gasteiger partial charge on any atom is -0.346 e. The average molecular weight is 296 g/mol. The lowest BCUT2D eigenvalue weighted by Gasteiger charge is -2.29. The standard InChI is InChI=1S/C19H20O3/c1-3-18(2)21-14-19(22-18,16-12-8-5-9-13-16)17(20)15-10-6-4-7-11-15/h4-13H,3,14H2,1-2H3. The quantitative estimate of drug-likeness (QED) is 0.802. The fraction of sp³-hybridized carbons (Fsp3) is 0.316. The molecule has 0 aromatic heterocycles. The Bertz CT molecular complexity index is 653. The second-order valence-electron chi connectivity index (χ2n) is 5.77. The zero-order valence-electron chi connectivity index (χ0n) is 12.9. The number of hydrogen-bond donors (Lipinski definition) is 0. The Hall–Kier alpha value is -1.97. The van der Waals surface area contributed by atoms with Crippen LogP contribution in [0.1, 0.15) is 36.2 Å². The van der Waals surface area contributed by atoms with Crippen molar-refractivity contribution in [1.82, 2.24) is 0 Å². The van der Waals surface area contributed by atoms with Gasteiger partial charge in [-0.2, -0.15) is 0 Å². The largest absolute Gasteiger partial charge is 0.346 e. The maximum Gasteiger partial charge on any atom is 0.201 e. The first kappa shape index (κ1) is 14.9. The molecule has 114 valence electrons. The predicted molar refractivity (Wildman–Crippen MR) is 84.6 cm³/mol. The summed E-state index contributed by atoms with van der Waals surface area (Å²) in [5, 5.41) is 0. The third-order valence-electron chi connectivity index (χ3n) is 4.26. The molecule has 3 rings (SSSR count). The monoisotopic (exact) mass is 296 g/mol. The molecule has 0 bridgehead atoms. The third-order valence-corrected chi connectivity index (χ3v) is 4.26. The molecule has 2 atom stereocenters. The highest BCUT2D eigenvalue weighted by atomic mass is 16.8. The van der Waals surface area contributed by atoms with E-state index in [0.717, 1.165) is 5.56 Å². The fourth-order valence-corrected chi connectivity index (χ4v) is 2.77. The van der Waals surface area contributed by atoms with Crippen molar-refractivity contribution in [3.63, 3.8) is 0 Å². The minimum atomic E-state index is -1.08. The van der Waals surface area contributed by atoms with Crippen LogP contribution in [0, 0.1) is 0 Å². The summed E-state index contributed by atoms with van der Waals surface area (Å²) >= 11 is 0. The van der Waals surface area contributed by atoms with Gasteiger partial charge in [0.2, 0.25) is 5.78 Å². The summed E-state index contributed by atoms with van der Waals surface area (Å²) in [6.07, 6.45) is 0.684. The molecule has 2 unspecified atom stereocenters. The topological polar surface area (TPSA) is 35.5 Å². The summed E-state index contributed by atoms with van der Waals surface area (Å²) < 4.78 is 12.1. The van der Waals surface area contributed by atoms with Gasteiger partial charge in [0.05, 0.1) is 6.61 Å². The van der Waals surface area contributed by atoms with Crippen LogP contribution in [0.5, 0.6) is 0 Å². The van der Waals surface area contributed by atoms with E-state index in [1.165, 1.54) is 0 Å². The Labute approximate surface area is 130 Å². The van der Waals surface area contributed by atoms with Gasteiger partial charge in [-0.1, -0.05) is 67.6 Å². The van der Waals surface area contributed by atoms with Crippen molar-refractivity contribution in [1.29, 1.82) is 0 Å². The van der Waals surface area contributed by atoms with Gasteiger partial charge >= 0.3 is 0 Å². The molecular weight excluding hydrogens is 276 g/mol. The molecule has 3 heteroatoms. The molecular formula is C19H20O3. The van der Waals surface area contributed by atoms with Gasteiger partial charge in [0.15, 0.2) is 11.4 Å². The minimum absolute atomic E-state index is 0.0588. The van der Waals surface area contributed by atoms with E-state index in [9.17, 15) is 4.79 Å². The van der Waals surface area contributed by atoms with E-state index in [4.69, 9.17) is 9.47 Å². The second-order valence-corrected chi connectivity index (χ2v) is 5.77. The van der Waals surface area contributed by atoms with Crippen molar-refractivity contribution in [2.75, 3.05) is 6.61 Å². The van der Waals surface area contributed by atoms with Crippen molar-refractivity contribution in [2.45, 2.75) is 31.7 Å². The van der Waals surface area contributed by atoms with Gasteiger partial charge in [0.1, 0.15) is 0 Å². The first-order chi connectivity index (χ1) is 10.6. The van der Waals surface area contributed by atoms with E-state index in [0.29, 0.717) is 12.0 Å². The van der Waals surface area contributed by atoms with Crippen LogP contribution in [0.2, 0.25) is 0 Å². The zero-order valence-corrected chi connectivity index (χ0v) is 12.9. The molecule has 0 N–H and O–H groups in total. The number of benzene rings is 2. The van der Waals surface area contributed by atoms with E-state index < -0.39 is 11.4 Å². The molecule has 3 nitrogen and oxygen atoms in total. The van der Waals surface area contributed by atoms with E-state index >= 15 is 0 Å². The van der Waals surface area contributed by atoms with Crippen LogP contribution in [0.15, 0.2) is 60.7 Å². The van der Waals surface area contributed by atoms with Crippen LogP contribution in [0.25, 0.3) is 0 Å². The molecule has 1 aliphatic heterocycles. The predicted octanol–water partition coefficient (Wildman–Crippen LogP) is 3.94. The molecule has 0 aliphatic carbocycles. The maximum atomic E-state index is 13.2. The van der Waals surface area contributed by atoms with Gasteiger partial charge in [-0.25, -0.2) is 0 Å². The summed E-state index contributed by atoms with van der Waals surface area (Å²) in [4.78, 5) is 13.2. The van der Waals surface area contributed by atoms with Crippen molar-refractivity contribution < 1.29 is 14.3 Å². The molecule has 0 saturated carbocycles. The molecule has 1 saturated heterocycles. The number of hydrogen-bond acceptors (Lipinski definition) is 3. The number of rotatable bonds is 4. The smallest absolute Gasteiger partial charge is 0.201 e. The highest BCUT2D eigenvalue weighted by Crippen LogP contribution is 2.42. The summed E-state index contributed by atoms with van der Waals surface area (Å²) in [5.41, 5.74) is 0.393. The molecule has 1 aliphatic rings. The van der Waals surface area contributed by atoms with E-state index in [1.807, 2.05) is 74.5 Å². The summed E-state index contributed by atoms with van der Waals surface area (Å²) in [5.74, 6) is -0.795. The molecule has 2 aromatic carbocycles. The lowest BCUT2D eigenvalue weighted by molar-refractivity contribution is -0.169. The SMILES string of the molecule is CCC1(C)OCC(C(=O)c2ccccc2)(c2ccccc2)O1. The first-order valence-corrected chi connectivity index (χ1v) is 7.59. The van der Waals surface area contributed by atoms with Gasteiger partial charge in [-0.15, -0.1) is 0 Å². The van der Waals surface area contributed by atoms with Crippen molar-refractivity contribution in [2.24, 2.45) is 0 Å². The van der Waals surface area contributed by atoms with Gasteiger partial charge in [0, 0.05) is 5.56 Å². The number of Topliss-reactive ketones (excluding diaryl/α,β-unsaturated/α-hetero) is 1. The summed E-state index contributed by atoms with van der Waals surface area (Å²) in [6.45, 7) is 4.11. The van der Waals surface area contributed by atoms with Crippen LogP contribution in [0.3, 0.4) is 0 Å². The van der Waals surface area contributed by atoms with Crippen LogP contribution < -0.4 is 0 Å². The highest BCUT2D eigenvalue weighted by Gasteiger charge is 2.53. The summed E-state index contributed by atoms with van der Waals surface area (Å²) in [6, 6.07) is 18.9. The Morgan fingerprint density at radius 3 is 2.18 bits per heavy atom. The van der Waals surface area contributed by atoms with Crippen LogP contribution in [-0.2, 0) is 15.1 Å². The molecule has 2 aromatic rings. The van der Waals surface area contributed by atoms with Gasteiger partial charge in [-0.3, -0.25) is 4.79 Å². The van der Waals surface area contributed by atoms with Crippen molar-refractivity contribution in [3.05, 3.63) is 71.8 Å². The van der Waals surface area contributed by atoms with E-state index in [1.54, 1.807) is 0 Å². The van der Waals surface area contributed by atoms with Gasteiger partial charge in [0.25, 0.3) is 0 Å². The number of carbonyl (C=O) groups excluding carboxylic acids is 1. The molecule has 0 spiro atoms. The Kier molecular flexibility index (Phi) is 3.85. The number of ether oxygens (including phenoxy) is 2. The third kappa shape index (κ3) is 2.47. The van der Waals surface area contributed by atoms with E-state index in [-0.39, 0.29) is 12.4 Å².